The Morgan fingerprint density at radius 2 is 1.69 bits per heavy atom. The van der Waals surface area contributed by atoms with Gasteiger partial charge in [0.2, 0.25) is 0 Å². The van der Waals surface area contributed by atoms with Crippen molar-refractivity contribution in [3.63, 3.8) is 0 Å². The number of rotatable bonds is 6. The van der Waals surface area contributed by atoms with Crippen LogP contribution in [0.25, 0.3) is 5.65 Å². The van der Waals surface area contributed by atoms with Crippen LogP contribution in [0.5, 0.6) is 0 Å². The van der Waals surface area contributed by atoms with Crippen molar-refractivity contribution in [3.8, 4) is 0 Å². The summed E-state index contributed by atoms with van der Waals surface area (Å²) in [7, 11) is 0. The number of nitrogens with zero attached hydrogens (tertiary/aromatic N) is 3. The zero-order chi connectivity index (χ0) is 24.5. The maximum absolute atomic E-state index is 13.3. The summed E-state index contributed by atoms with van der Waals surface area (Å²) < 4.78 is 41.1. The van der Waals surface area contributed by atoms with Crippen molar-refractivity contribution in [1.29, 1.82) is 0 Å². The standard InChI is InChI=1S/C27H31F3N4O/c28-27(29,30)21-11-9-20(10-12-21)26(13-2-1-3-14-26)19-31-25(35)23-7-6-8-24-32-22(18-34(23)24)17-33-15-4-5-16-33/h6-12,18H,1-5,13-17,19H2,(H,31,35). The van der Waals surface area contributed by atoms with E-state index in [9.17, 15) is 18.0 Å². The minimum absolute atomic E-state index is 0.197. The molecule has 1 N–H and O–H groups in total. The van der Waals surface area contributed by atoms with Gasteiger partial charge in [-0.3, -0.25) is 14.1 Å². The number of hydrogen-bond donors (Lipinski definition) is 1. The van der Waals surface area contributed by atoms with E-state index in [2.05, 4.69) is 10.2 Å². The Kier molecular flexibility index (Phi) is 6.57. The number of pyridine rings is 1. The fourth-order valence-corrected chi connectivity index (χ4v) is 5.64. The number of amides is 1. The van der Waals surface area contributed by atoms with Crippen LogP contribution in [0.15, 0.2) is 48.7 Å². The molecule has 1 aliphatic heterocycles. The Labute approximate surface area is 203 Å². The van der Waals surface area contributed by atoms with Crippen molar-refractivity contribution >= 4 is 11.6 Å². The molecule has 2 fully saturated rings. The summed E-state index contributed by atoms with van der Waals surface area (Å²) in [4.78, 5) is 20.4. The van der Waals surface area contributed by atoms with E-state index < -0.39 is 11.7 Å². The lowest BCUT2D eigenvalue weighted by molar-refractivity contribution is -0.137. The zero-order valence-corrected chi connectivity index (χ0v) is 19.8. The monoisotopic (exact) mass is 484 g/mol. The normalized spacial score (nSPS) is 18.7. The van der Waals surface area contributed by atoms with Crippen molar-refractivity contribution in [1.82, 2.24) is 19.6 Å². The third-order valence-corrected chi connectivity index (χ3v) is 7.58. The molecule has 3 heterocycles. The summed E-state index contributed by atoms with van der Waals surface area (Å²) in [5, 5.41) is 3.11. The van der Waals surface area contributed by atoms with E-state index in [-0.39, 0.29) is 11.3 Å². The Bertz CT molecular complexity index is 1170. The minimum Gasteiger partial charge on any atom is -0.350 e. The molecule has 0 spiro atoms. The maximum atomic E-state index is 13.3. The van der Waals surface area contributed by atoms with E-state index >= 15 is 0 Å². The summed E-state index contributed by atoms with van der Waals surface area (Å²) in [5.41, 5.74) is 2.05. The summed E-state index contributed by atoms with van der Waals surface area (Å²) >= 11 is 0. The van der Waals surface area contributed by atoms with Gasteiger partial charge in [-0.25, -0.2) is 4.98 Å². The van der Waals surface area contributed by atoms with Gasteiger partial charge in [-0.05, 0) is 68.6 Å². The summed E-state index contributed by atoms with van der Waals surface area (Å²) in [6, 6.07) is 11.0. The number of aromatic nitrogens is 2. The predicted octanol–water partition coefficient (Wildman–Crippen LogP) is 5.58. The predicted molar refractivity (Wildman–Crippen MR) is 128 cm³/mol. The number of benzene rings is 1. The first kappa shape index (κ1) is 23.9. The first-order chi connectivity index (χ1) is 16.8. The SMILES string of the molecule is O=C(NCC1(c2ccc(C(F)(F)F)cc2)CCCCC1)c1cccc2nc(CN3CCCC3)cn12. The average molecular weight is 485 g/mol. The quantitative estimate of drug-likeness (QED) is 0.497. The molecule has 2 aliphatic rings. The second kappa shape index (κ2) is 9.64. The van der Waals surface area contributed by atoms with Crippen molar-refractivity contribution in [2.75, 3.05) is 19.6 Å². The molecule has 35 heavy (non-hydrogen) atoms. The topological polar surface area (TPSA) is 49.6 Å². The first-order valence-corrected chi connectivity index (χ1v) is 12.5. The first-order valence-electron chi connectivity index (χ1n) is 12.5. The van der Waals surface area contributed by atoms with Gasteiger partial charge < -0.3 is 5.32 Å². The molecule has 186 valence electrons. The molecule has 3 aromatic rings. The molecule has 0 unspecified atom stereocenters. The van der Waals surface area contributed by atoms with Crippen molar-refractivity contribution in [2.45, 2.75) is 63.1 Å². The van der Waals surface area contributed by atoms with Gasteiger partial charge in [0.05, 0.1) is 11.3 Å². The van der Waals surface area contributed by atoms with Crippen LogP contribution in [-0.4, -0.2) is 39.8 Å². The molecule has 0 bridgehead atoms. The van der Waals surface area contributed by atoms with E-state index in [4.69, 9.17) is 4.98 Å². The molecule has 1 amide bonds. The third-order valence-electron chi connectivity index (χ3n) is 7.58. The number of fused-ring (bicyclic) bond motifs is 1. The fourth-order valence-electron chi connectivity index (χ4n) is 5.64. The van der Waals surface area contributed by atoms with Crippen LogP contribution in [0.2, 0.25) is 0 Å². The van der Waals surface area contributed by atoms with Gasteiger partial charge in [-0.2, -0.15) is 13.2 Å². The summed E-state index contributed by atoms with van der Waals surface area (Å²) in [6.45, 7) is 3.32. The van der Waals surface area contributed by atoms with E-state index in [1.807, 2.05) is 22.7 Å². The lowest BCUT2D eigenvalue weighted by Gasteiger charge is -2.38. The van der Waals surface area contributed by atoms with Crippen LogP contribution in [0.1, 0.15) is 72.3 Å². The molecule has 1 aliphatic carbocycles. The molecular formula is C27H31F3N4O. The van der Waals surface area contributed by atoms with Crippen molar-refractivity contribution in [2.24, 2.45) is 0 Å². The highest BCUT2D eigenvalue weighted by molar-refractivity contribution is 5.93. The maximum Gasteiger partial charge on any atom is 0.416 e. The number of carbonyl (C=O) groups is 1. The second-order valence-electron chi connectivity index (χ2n) is 9.95. The molecule has 0 radical (unpaired) electrons. The molecule has 1 saturated heterocycles. The lowest BCUT2D eigenvalue weighted by atomic mass is 9.69. The molecule has 1 saturated carbocycles. The summed E-state index contributed by atoms with van der Waals surface area (Å²) in [5.74, 6) is -0.197. The van der Waals surface area contributed by atoms with Crippen LogP contribution < -0.4 is 5.32 Å². The zero-order valence-electron chi connectivity index (χ0n) is 19.8. The van der Waals surface area contributed by atoms with Crippen LogP contribution in [0, 0.1) is 0 Å². The van der Waals surface area contributed by atoms with Crippen LogP contribution in [0.4, 0.5) is 13.2 Å². The van der Waals surface area contributed by atoms with Gasteiger partial charge >= 0.3 is 6.18 Å². The Balaban J connectivity index is 1.35. The van der Waals surface area contributed by atoms with E-state index in [1.54, 1.807) is 18.2 Å². The molecule has 5 rings (SSSR count). The highest BCUT2D eigenvalue weighted by Gasteiger charge is 2.36. The second-order valence-corrected chi connectivity index (χ2v) is 9.95. The number of likely N-dealkylation sites (tertiary alicyclic amines) is 1. The Morgan fingerprint density at radius 3 is 2.37 bits per heavy atom. The summed E-state index contributed by atoms with van der Waals surface area (Å²) in [6.07, 6.45) is 4.77. The number of nitrogens with one attached hydrogen (secondary N) is 1. The van der Waals surface area contributed by atoms with Gasteiger partial charge in [-0.15, -0.1) is 0 Å². The number of carbonyl (C=O) groups excluding carboxylic acids is 1. The molecular weight excluding hydrogens is 453 g/mol. The molecule has 1 aromatic carbocycles. The van der Waals surface area contributed by atoms with Crippen LogP contribution >= 0.6 is 0 Å². The van der Waals surface area contributed by atoms with Crippen molar-refractivity contribution in [3.05, 3.63) is 71.2 Å². The molecule has 5 nitrogen and oxygen atoms in total. The number of alkyl halides is 3. The number of hydrogen-bond acceptors (Lipinski definition) is 3. The van der Waals surface area contributed by atoms with E-state index in [0.717, 1.165) is 80.8 Å². The Morgan fingerprint density at radius 1 is 0.971 bits per heavy atom. The average Bonchev–Trinajstić information content (AvgIpc) is 3.52. The highest BCUT2D eigenvalue weighted by atomic mass is 19.4. The third kappa shape index (κ3) is 5.08. The van der Waals surface area contributed by atoms with Crippen LogP contribution in [-0.2, 0) is 18.1 Å². The fraction of sp³-hybridized carbons (Fsp3) is 0.481. The van der Waals surface area contributed by atoms with Gasteiger partial charge in [0.25, 0.3) is 5.91 Å². The van der Waals surface area contributed by atoms with E-state index in [0.29, 0.717) is 12.2 Å². The number of imidazole rings is 1. The lowest BCUT2D eigenvalue weighted by Crippen LogP contribution is -2.42. The highest BCUT2D eigenvalue weighted by Crippen LogP contribution is 2.40. The molecule has 2 aromatic heterocycles. The largest absolute Gasteiger partial charge is 0.416 e. The smallest absolute Gasteiger partial charge is 0.350 e. The van der Waals surface area contributed by atoms with Gasteiger partial charge in [-0.1, -0.05) is 37.5 Å². The van der Waals surface area contributed by atoms with Gasteiger partial charge in [0.15, 0.2) is 0 Å². The van der Waals surface area contributed by atoms with Gasteiger partial charge in [0.1, 0.15) is 11.3 Å². The van der Waals surface area contributed by atoms with Crippen molar-refractivity contribution < 1.29 is 18.0 Å². The van der Waals surface area contributed by atoms with Crippen LogP contribution in [0.3, 0.4) is 0 Å². The Hall–Kier alpha value is -2.87. The molecule has 8 heteroatoms. The minimum atomic E-state index is -4.36. The molecule has 0 atom stereocenters. The number of halogens is 3. The van der Waals surface area contributed by atoms with Gasteiger partial charge in [0, 0.05) is 24.7 Å². The van der Waals surface area contributed by atoms with E-state index in [1.165, 1.54) is 12.8 Å².